The van der Waals surface area contributed by atoms with E-state index >= 15 is 0 Å². The van der Waals surface area contributed by atoms with Gasteiger partial charge in [-0.1, -0.05) is 67.6 Å². The number of hydrogen-bond acceptors (Lipinski definition) is 3. The van der Waals surface area contributed by atoms with Crippen LogP contribution in [-0.4, -0.2) is 34.8 Å². The van der Waals surface area contributed by atoms with Crippen molar-refractivity contribution in [2.45, 2.75) is 51.2 Å². The normalized spacial score (nSPS) is 12.8. The molecule has 150 valence electrons. The minimum absolute atomic E-state index is 0.232. The molecule has 2 atom stereocenters. The van der Waals surface area contributed by atoms with Gasteiger partial charge in [0.15, 0.2) is 0 Å². The summed E-state index contributed by atoms with van der Waals surface area (Å²) in [6, 6.07) is 19.7. The second-order valence-electron chi connectivity index (χ2n) is 6.75. The molecule has 0 radical (unpaired) electrons. The van der Waals surface area contributed by atoms with Crippen LogP contribution in [0.15, 0.2) is 60.7 Å². The predicted octanol–water partition coefficient (Wildman–Crippen LogP) is 3.59. The highest BCUT2D eigenvalue weighted by Gasteiger charge is 2.25. The van der Waals surface area contributed by atoms with Crippen LogP contribution in [0.5, 0.6) is 0 Å². The number of hydrogen-bond donors (Lipinski definition) is 3. The first-order valence-corrected chi connectivity index (χ1v) is 9.70. The van der Waals surface area contributed by atoms with Gasteiger partial charge in [0.2, 0.25) is 6.41 Å². The lowest BCUT2D eigenvalue weighted by Crippen LogP contribution is -2.57. The maximum absolute atomic E-state index is 11.9. The summed E-state index contributed by atoms with van der Waals surface area (Å²) in [5.74, 6) is 0. The quantitative estimate of drug-likeness (QED) is 0.297. The van der Waals surface area contributed by atoms with Gasteiger partial charge in [0, 0.05) is 0 Å². The number of amides is 2. The fourth-order valence-corrected chi connectivity index (χ4v) is 3.21. The van der Waals surface area contributed by atoms with E-state index < -0.39 is 12.3 Å². The van der Waals surface area contributed by atoms with Crippen molar-refractivity contribution in [2.75, 3.05) is 0 Å². The summed E-state index contributed by atoms with van der Waals surface area (Å²) in [6.07, 6.45) is 2.70. The van der Waals surface area contributed by atoms with Gasteiger partial charge in [0.25, 0.3) is 0 Å². The number of hydrazine groups is 1. The molecule has 2 aromatic rings. The van der Waals surface area contributed by atoms with Crippen molar-refractivity contribution in [3.05, 3.63) is 71.8 Å². The molecule has 28 heavy (non-hydrogen) atoms. The first kappa shape index (κ1) is 21.4. The predicted molar refractivity (Wildman–Crippen MR) is 110 cm³/mol. The van der Waals surface area contributed by atoms with Crippen LogP contribution >= 0.6 is 0 Å². The van der Waals surface area contributed by atoms with Gasteiger partial charge < -0.3 is 10.4 Å². The molecule has 3 N–H and O–H groups in total. The minimum Gasteiger partial charge on any atom is -0.464 e. The van der Waals surface area contributed by atoms with E-state index in [0.29, 0.717) is 25.7 Å². The van der Waals surface area contributed by atoms with Crippen molar-refractivity contribution in [1.82, 2.24) is 15.8 Å². The van der Waals surface area contributed by atoms with E-state index in [1.165, 1.54) is 10.6 Å². The van der Waals surface area contributed by atoms with Crippen LogP contribution in [0.4, 0.5) is 4.79 Å². The van der Waals surface area contributed by atoms with Crippen molar-refractivity contribution in [2.24, 2.45) is 0 Å². The first-order valence-electron chi connectivity index (χ1n) is 9.70. The molecular weight excluding hydrogens is 354 g/mol. The second kappa shape index (κ2) is 11.8. The van der Waals surface area contributed by atoms with Gasteiger partial charge in [-0.25, -0.2) is 15.2 Å². The van der Waals surface area contributed by atoms with Crippen LogP contribution in [0, 0.1) is 0 Å². The van der Waals surface area contributed by atoms with Gasteiger partial charge in [-0.15, -0.1) is 0 Å². The number of carbonyl (C=O) groups is 2. The number of nitrogens with one attached hydrogen (secondary N) is 2. The zero-order valence-electron chi connectivity index (χ0n) is 16.3. The van der Waals surface area contributed by atoms with E-state index in [1.54, 1.807) is 0 Å². The summed E-state index contributed by atoms with van der Waals surface area (Å²) >= 11 is 0. The molecule has 0 bridgehead atoms. The molecule has 2 amide bonds. The molecule has 2 aromatic carbocycles. The number of rotatable bonds is 12. The molecule has 0 saturated heterocycles. The fraction of sp³-hybridized carbons (Fsp3) is 0.364. The van der Waals surface area contributed by atoms with E-state index in [-0.39, 0.29) is 6.04 Å². The van der Waals surface area contributed by atoms with Gasteiger partial charge in [-0.2, -0.15) is 0 Å². The van der Waals surface area contributed by atoms with Crippen LogP contribution in [0.3, 0.4) is 0 Å². The van der Waals surface area contributed by atoms with Crippen molar-refractivity contribution in [1.29, 1.82) is 0 Å². The Morgan fingerprint density at radius 3 is 2.21 bits per heavy atom. The highest BCUT2D eigenvalue weighted by Crippen LogP contribution is 2.13. The van der Waals surface area contributed by atoms with Crippen LogP contribution in [0.25, 0.3) is 0 Å². The molecule has 0 heterocycles. The average Bonchev–Trinajstić information content (AvgIpc) is 2.72. The maximum atomic E-state index is 11.9. The molecule has 0 aromatic heterocycles. The highest BCUT2D eigenvalue weighted by molar-refractivity contribution is 5.65. The summed E-state index contributed by atoms with van der Waals surface area (Å²) < 4.78 is 0. The summed E-state index contributed by atoms with van der Waals surface area (Å²) in [5.41, 5.74) is 5.30. The topological polar surface area (TPSA) is 81.7 Å². The first-order chi connectivity index (χ1) is 13.6. The smallest absolute Gasteiger partial charge is 0.422 e. The molecule has 0 aliphatic carbocycles. The third kappa shape index (κ3) is 7.04. The molecule has 6 heteroatoms. The summed E-state index contributed by atoms with van der Waals surface area (Å²) in [7, 11) is 0. The maximum Gasteiger partial charge on any atom is 0.422 e. The van der Waals surface area contributed by atoms with Crippen LogP contribution in [0.2, 0.25) is 0 Å². The Morgan fingerprint density at radius 1 is 1.07 bits per heavy atom. The number of nitrogens with zero attached hydrogens (tertiary/aromatic N) is 1. The summed E-state index contributed by atoms with van der Waals surface area (Å²) in [4.78, 5) is 22.9. The lowest BCUT2D eigenvalue weighted by atomic mass is 10.0. The Morgan fingerprint density at radius 2 is 1.68 bits per heavy atom. The molecule has 0 saturated carbocycles. The molecule has 6 nitrogen and oxygen atoms in total. The number of benzene rings is 2. The average molecular weight is 383 g/mol. The minimum atomic E-state index is -1.05. The molecule has 2 rings (SSSR count). The second-order valence-corrected chi connectivity index (χ2v) is 6.75. The number of carbonyl (C=O) groups excluding carboxylic acids is 1. The van der Waals surface area contributed by atoms with Crippen LogP contribution in [-0.2, 0) is 17.6 Å². The standard InChI is InChI=1S/C22H29N3O3/c1-2-20(16-19-12-7-4-8-13-19)25(22(27)28)24-21(23-17-26)15-9-14-18-10-5-3-6-11-18/h3-8,10-13,17,20-21,24H,2,9,14-16H2,1H3,(H,23,26)(H,27,28). The third-order valence-electron chi connectivity index (χ3n) is 4.72. The van der Waals surface area contributed by atoms with Crippen molar-refractivity contribution in [3.8, 4) is 0 Å². The molecule has 2 unspecified atom stereocenters. The molecule has 0 spiro atoms. The summed E-state index contributed by atoms with van der Waals surface area (Å²) in [5, 5.41) is 13.7. The fourth-order valence-electron chi connectivity index (χ4n) is 3.21. The van der Waals surface area contributed by atoms with Crippen molar-refractivity contribution >= 4 is 12.5 Å². The molecule has 0 aliphatic rings. The van der Waals surface area contributed by atoms with Gasteiger partial charge in [-0.05, 0) is 43.2 Å². The van der Waals surface area contributed by atoms with Gasteiger partial charge in [-0.3, -0.25) is 4.79 Å². The summed E-state index contributed by atoms with van der Waals surface area (Å²) in [6.45, 7) is 1.96. The monoisotopic (exact) mass is 383 g/mol. The lowest BCUT2D eigenvalue weighted by Gasteiger charge is -2.33. The van der Waals surface area contributed by atoms with E-state index in [9.17, 15) is 14.7 Å². The Labute approximate surface area is 166 Å². The van der Waals surface area contributed by atoms with Crippen molar-refractivity contribution < 1.29 is 14.7 Å². The third-order valence-corrected chi connectivity index (χ3v) is 4.72. The van der Waals surface area contributed by atoms with Crippen LogP contribution in [0.1, 0.15) is 37.3 Å². The van der Waals surface area contributed by atoms with Gasteiger partial charge in [0.1, 0.15) is 0 Å². The van der Waals surface area contributed by atoms with Gasteiger partial charge >= 0.3 is 6.09 Å². The van der Waals surface area contributed by atoms with Crippen molar-refractivity contribution in [3.63, 3.8) is 0 Å². The van der Waals surface area contributed by atoms with Gasteiger partial charge in [0.05, 0.1) is 12.2 Å². The largest absolute Gasteiger partial charge is 0.464 e. The van der Waals surface area contributed by atoms with E-state index in [2.05, 4.69) is 22.9 Å². The Bertz CT molecular complexity index is 709. The Hall–Kier alpha value is -2.86. The highest BCUT2D eigenvalue weighted by atomic mass is 16.4. The molecular formula is C22H29N3O3. The number of aryl methyl sites for hydroxylation is 1. The molecule has 0 fully saturated rings. The molecule has 0 aliphatic heterocycles. The zero-order valence-corrected chi connectivity index (χ0v) is 16.3. The van der Waals surface area contributed by atoms with E-state index in [1.807, 2.05) is 55.5 Å². The lowest BCUT2D eigenvalue weighted by molar-refractivity contribution is -0.110. The van der Waals surface area contributed by atoms with Crippen LogP contribution < -0.4 is 10.7 Å². The SMILES string of the molecule is CCC(Cc1ccccc1)N(NC(CCCc1ccccc1)NC=O)C(=O)O. The zero-order chi connectivity index (χ0) is 20.2. The van der Waals surface area contributed by atoms with E-state index in [4.69, 9.17) is 0 Å². The Balaban J connectivity index is 1.98. The van der Waals surface area contributed by atoms with E-state index in [0.717, 1.165) is 18.4 Å². The number of carboxylic acid groups (broad SMARTS) is 1. The Kier molecular flexibility index (Phi) is 9.01.